The number of nitrogens with one attached hydrogen (secondary N) is 1. The fraction of sp³-hybridized carbons (Fsp3) is 0.188. The lowest BCUT2D eigenvalue weighted by atomic mass is 10.1. The Morgan fingerprint density at radius 1 is 1.32 bits per heavy atom. The van der Waals surface area contributed by atoms with E-state index in [2.05, 4.69) is 10.3 Å². The predicted molar refractivity (Wildman–Crippen MR) is 86.0 cm³/mol. The third-order valence-corrected chi connectivity index (χ3v) is 3.75. The van der Waals surface area contributed by atoms with Crippen molar-refractivity contribution in [3.63, 3.8) is 0 Å². The van der Waals surface area contributed by atoms with Crippen LogP contribution in [-0.2, 0) is 11.2 Å². The Balaban J connectivity index is 1.77. The zero-order valence-corrected chi connectivity index (χ0v) is 12.9. The topological polar surface area (TPSA) is 79.3 Å². The number of aromatic nitrogens is 1. The lowest BCUT2D eigenvalue weighted by Gasteiger charge is -2.03. The molecule has 2 rings (SSSR count). The second-order valence-corrected chi connectivity index (χ2v) is 5.73. The molecule has 1 amide bonds. The van der Waals surface area contributed by atoms with E-state index in [1.54, 1.807) is 30.3 Å². The van der Waals surface area contributed by atoms with Crippen molar-refractivity contribution in [2.75, 3.05) is 6.54 Å². The number of hydrogen-bond donors (Lipinski definition) is 2. The molecule has 0 saturated carbocycles. The van der Waals surface area contributed by atoms with Gasteiger partial charge in [0.05, 0.1) is 16.3 Å². The molecule has 6 heteroatoms. The van der Waals surface area contributed by atoms with Crippen LogP contribution >= 0.6 is 11.3 Å². The second-order valence-electron chi connectivity index (χ2n) is 4.67. The van der Waals surface area contributed by atoms with Gasteiger partial charge in [0.25, 0.3) is 0 Å². The SMILES string of the molecule is Cc1nc(C=CC(=O)NCCc2ccc(C(=O)O)cc2)cs1. The maximum atomic E-state index is 11.7. The summed E-state index contributed by atoms with van der Waals surface area (Å²) in [5, 5.41) is 14.4. The zero-order chi connectivity index (χ0) is 15.9. The van der Waals surface area contributed by atoms with Gasteiger partial charge in [0.1, 0.15) is 0 Å². The first kappa shape index (κ1) is 15.9. The number of hydrogen-bond acceptors (Lipinski definition) is 4. The highest BCUT2D eigenvalue weighted by atomic mass is 32.1. The molecule has 0 saturated heterocycles. The lowest BCUT2D eigenvalue weighted by Crippen LogP contribution is -2.23. The quantitative estimate of drug-likeness (QED) is 0.803. The number of carboxylic acid groups (broad SMARTS) is 1. The minimum atomic E-state index is -0.942. The van der Waals surface area contributed by atoms with Gasteiger partial charge in [-0.1, -0.05) is 12.1 Å². The van der Waals surface area contributed by atoms with Gasteiger partial charge in [-0.25, -0.2) is 9.78 Å². The molecule has 114 valence electrons. The molecular formula is C16H16N2O3S. The van der Waals surface area contributed by atoms with Crippen molar-refractivity contribution in [1.82, 2.24) is 10.3 Å². The molecular weight excluding hydrogens is 300 g/mol. The van der Waals surface area contributed by atoms with E-state index in [0.717, 1.165) is 16.3 Å². The maximum Gasteiger partial charge on any atom is 0.335 e. The minimum Gasteiger partial charge on any atom is -0.478 e. The minimum absolute atomic E-state index is 0.173. The van der Waals surface area contributed by atoms with Crippen LogP contribution in [0.3, 0.4) is 0 Å². The van der Waals surface area contributed by atoms with Crippen molar-refractivity contribution >= 4 is 29.3 Å². The summed E-state index contributed by atoms with van der Waals surface area (Å²) >= 11 is 1.54. The van der Waals surface area contributed by atoms with Crippen molar-refractivity contribution in [2.24, 2.45) is 0 Å². The van der Waals surface area contributed by atoms with Crippen LogP contribution in [0.5, 0.6) is 0 Å². The number of benzene rings is 1. The van der Waals surface area contributed by atoms with Crippen LogP contribution in [0.15, 0.2) is 35.7 Å². The van der Waals surface area contributed by atoms with Gasteiger partial charge in [-0.3, -0.25) is 4.79 Å². The standard InChI is InChI=1S/C16H16N2O3S/c1-11-18-14(10-22-11)6-7-15(19)17-9-8-12-2-4-13(5-3-12)16(20)21/h2-7,10H,8-9H2,1H3,(H,17,19)(H,20,21). The van der Waals surface area contributed by atoms with Gasteiger partial charge in [0, 0.05) is 18.0 Å². The van der Waals surface area contributed by atoms with Crippen LogP contribution in [-0.4, -0.2) is 28.5 Å². The Morgan fingerprint density at radius 3 is 2.64 bits per heavy atom. The molecule has 0 bridgehead atoms. The number of carbonyl (C=O) groups excluding carboxylic acids is 1. The van der Waals surface area contributed by atoms with Crippen LogP contribution < -0.4 is 5.32 Å². The number of nitrogens with zero attached hydrogens (tertiary/aromatic N) is 1. The summed E-state index contributed by atoms with van der Waals surface area (Å²) in [6.07, 6.45) is 3.79. The summed E-state index contributed by atoms with van der Waals surface area (Å²) in [6.45, 7) is 2.41. The molecule has 1 aromatic heterocycles. The van der Waals surface area contributed by atoms with E-state index in [0.29, 0.717) is 13.0 Å². The summed E-state index contributed by atoms with van der Waals surface area (Å²) in [5.74, 6) is -1.12. The molecule has 2 aromatic rings. The van der Waals surface area contributed by atoms with E-state index >= 15 is 0 Å². The van der Waals surface area contributed by atoms with E-state index < -0.39 is 5.97 Å². The highest BCUT2D eigenvalue weighted by Gasteiger charge is 2.02. The van der Waals surface area contributed by atoms with Crippen molar-refractivity contribution in [3.8, 4) is 0 Å². The maximum absolute atomic E-state index is 11.7. The first-order chi connectivity index (χ1) is 10.5. The van der Waals surface area contributed by atoms with Crippen LogP contribution in [0.1, 0.15) is 26.6 Å². The third kappa shape index (κ3) is 4.82. The van der Waals surface area contributed by atoms with Gasteiger partial charge in [-0.2, -0.15) is 0 Å². The smallest absolute Gasteiger partial charge is 0.335 e. The second kappa shape index (κ2) is 7.51. The van der Waals surface area contributed by atoms with Gasteiger partial charge in [0.2, 0.25) is 5.91 Å². The van der Waals surface area contributed by atoms with Crippen molar-refractivity contribution in [2.45, 2.75) is 13.3 Å². The average molecular weight is 316 g/mol. The van der Waals surface area contributed by atoms with Gasteiger partial charge in [0.15, 0.2) is 0 Å². The molecule has 1 aromatic carbocycles. The molecule has 0 radical (unpaired) electrons. The Hall–Kier alpha value is -2.47. The number of carbonyl (C=O) groups is 2. The Morgan fingerprint density at radius 2 is 2.05 bits per heavy atom. The number of aromatic carboxylic acids is 1. The normalized spacial score (nSPS) is 10.8. The lowest BCUT2D eigenvalue weighted by molar-refractivity contribution is -0.116. The number of carboxylic acids is 1. The summed E-state index contributed by atoms with van der Waals surface area (Å²) in [7, 11) is 0. The predicted octanol–water partition coefficient (Wildman–Crippen LogP) is 2.52. The molecule has 0 aliphatic heterocycles. The third-order valence-electron chi connectivity index (χ3n) is 2.96. The molecule has 2 N–H and O–H groups in total. The Labute approximate surface area is 132 Å². The first-order valence-electron chi connectivity index (χ1n) is 6.75. The van der Waals surface area contributed by atoms with Crippen LogP contribution in [0, 0.1) is 6.92 Å². The number of amides is 1. The summed E-state index contributed by atoms with van der Waals surface area (Å²) in [4.78, 5) is 26.6. The largest absolute Gasteiger partial charge is 0.478 e. The van der Waals surface area contributed by atoms with Crippen LogP contribution in [0.2, 0.25) is 0 Å². The summed E-state index contributed by atoms with van der Waals surface area (Å²) in [5.41, 5.74) is 2.01. The molecule has 0 aliphatic carbocycles. The highest BCUT2D eigenvalue weighted by Crippen LogP contribution is 2.09. The van der Waals surface area contributed by atoms with E-state index in [9.17, 15) is 9.59 Å². The molecule has 22 heavy (non-hydrogen) atoms. The van der Waals surface area contributed by atoms with E-state index in [-0.39, 0.29) is 11.5 Å². The van der Waals surface area contributed by atoms with E-state index in [4.69, 9.17) is 5.11 Å². The molecule has 5 nitrogen and oxygen atoms in total. The van der Waals surface area contributed by atoms with Crippen molar-refractivity contribution in [3.05, 3.63) is 57.6 Å². The van der Waals surface area contributed by atoms with Gasteiger partial charge >= 0.3 is 5.97 Å². The Bertz CT molecular complexity index is 690. The van der Waals surface area contributed by atoms with E-state index in [1.807, 2.05) is 12.3 Å². The van der Waals surface area contributed by atoms with Crippen molar-refractivity contribution < 1.29 is 14.7 Å². The van der Waals surface area contributed by atoms with Gasteiger partial charge < -0.3 is 10.4 Å². The summed E-state index contributed by atoms with van der Waals surface area (Å²) < 4.78 is 0. The fourth-order valence-corrected chi connectivity index (χ4v) is 2.40. The number of rotatable bonds is 6. The molecule has 1 heterocycles. The molecule has 0 atom stereocenters. The first-order valence-corrected chi connectivity index (χ1v) is 7.63. The number of aryl methyl sites for hydroxylation is 1. The summed E-state index contributed by atoms with van der Waals surface area (Å²) in [6, 6.07) is 6.63. The monoisotopic (exact) mass is 316 g/mol. The molecule has 0 unspecified atom stereocenters. The zero-order valence-electron chi connectivity index (χ0n) is 12.1. The van der Waals surface area contributed by atoms with E-state index in [1.165, 1.54) is 17.4 Å². The molecule has 0 fully saturated rings. The number of thiazole rings is 1. The van der Waals surface area contributed by atoms with Crippen LogP contribution in [0.4, 0.5) is 0 Å². The average Bonchev–Trinajstić information content (AvgIpc) is 2.91. The van der Waals surface area contributed by atoms with Crippen molar-refractivity contribution in [1.29, 1.82) is 0 Å². The highest BCUT2D eigenvalue weighted by molar-refractivity contribution is 7.09. The fourth-order valence-electron chi connectivity index (χ4n) is 1.82. The molecule has 0 spiro atoms. The van der Waals surface area contributed by atoms with Gasteiger partial charge in [-0.05, 0) is 37.1 Å². The molecule has 0 aliphatic rings. The Kier molecular flexibility index (Phi) is 5.43. The van der Waals surface area contributed by atoms with Gasteiger partial charge in [-0.15, -0.1) is 11.3 Å². The van der Waals surface area contributed by atoms with Crippen LogP contribution in [0.25, 0.3) is 6.08 Å².